The number of ether oxygens (including phenoxy) is 1. The predicted molar refractivity (Wildman–Crippen MR) is 57.5 cm³/mol. The molecule has 2 nitrogen and oxygen atoms in total. The summed E-state index contributed by atoms with van der Waals surface area (Å²) in [6.45, 7) is 5.94. The predicted octanol–water partition coefficient (Wildman–Crippen LogP) is 2.92. The van der Waals surface area contributed by atoms with E-state index < -0.39 is 0 Å². The van der Waals surface area contributed by atoms with Gasteiger partial charge >= 0.3 is 0 Å². The van der Waals surface area contributed by atoms with Crippen molar-refractivity contribution >= 4 is 0 Å². The van der Waals surface area contributed by atoms with E-state index >= 15 is 0 Å². The van der Waals surface area contributed by atoms with E-state index in [1.54, 1.807) is 0 Å². The number of aliphatic hydroxyl groups excluding tert-OH is 1. The molecule has 1 aromatic carbocycles. The van der Waals surface area contributed by atoms with E-state index in [2.05, 4.69) is 0 Å². The zero-order chi connectivity index (χ0) is 10.6. The zero-order valence-electron chi connectivity index (χ0n) is 9.03. The molecule has 0 aromatic heterocycles. The number of hydrogen-bond acceptors (Lipinski definition) is 2. The third-order valence-corrected chi connectivity index (χ3v) is 2.00. The third kappa shape index (κ3) is 3.04. The van der Waals surface area contributed by atoms with Gasteiger partial charge in [-0.3, -0.25) is 0 Å². The molecule has 1 aromatic rings. The second-order valence-corrected chi connectivity index (χ2v) is 3.66. The normalized spacial score (nSPS) is 12.9. The van der Waals surface area contributed by atoms with Gasteiger partial charge in [0.05, 0.1) is 12.2 Å². The van der Waals surface area contributed by atoms with Gasteiger partial charge in [-0.1, -0.05) is 19.1 Å². The van der Waals surface area contributed by atoms with Crippen LogP contribution in [0.5, 0.6) is 5.75 Å². The maximum Gasteiger partial charge on any atom is 0.120 e. The fourth-order valence-corrected chi connectivity index (χ4v) is 1.30. The van der Waals surface area contributed by atoms with Gasteiger partial charge in [0, 0.05) is 0 Å². The lowest BCUT2D eigenvalue weighted by atomic mass is 10.1. The Morgan fingerprint density at radius 2 is 2.07 bits per heavy atom. The highest BCUT2D eigenvalue weighted by molar-refractivity contribution is 5.29. The fraction of sp³-hybridized carbons (Fsp3) is 0.500. The Hall–Kier alpha value is -1.02. The van der Waals surface area contributed by atoms with Gasteiger partial charge in [-0.05, 0) is 38.0 Å². The average molecular weight is 194 g/mol. The maximum atomic E-state index is 9.63. The van der Waals surface area contributed by atoms with Gasteiger partial charge in [-0.2, -0.15) is 0 Å². The van der Waals surface area contributed by atoms with Crippen LogP contribution in [0.25, 0.3) is 0 Å². The van der Waals surface area contributed by atoms with Crippen molar-refractivity contribution in [3.63, 3.8) is 0 Å². The summed E-state index contributed by atoms with van der Waals surface area (Å²) in [5.41, 5.74) is 0.922. The Morgan fingerprint density at radius 1 is 1.36 bits per heavy atom. The van der Waals surface area contributed by atoms with E-state index in [9.17, 15) is 5.11 Å². The number of hydrogen-bond donors (Lipinski definition) is 1. The monoisotopic (exact) mass is 194 g/mol. The molecule has 0 unspecified atom stereocenters. The summed E-state index contributed by atoms with van der Waals surface area (Å²) in [6.07, 6.45) is 0.514. The molecule has 0 amide bonds. The van der Waals surface area contributed by atoms with Gasteiger partial charge in [-0.25, -0.2) is 0 Å². The molecule has 0 radical (unpaired) electrons. The molecule has 1 N–H and O–H groups in total. The van der Waals surface area contributed by atoms with Gasteiger partial charge in [0.25, 0.3) is 0 Å². The van der Waals surface area contributed by atoms with Gasteiger partial charge in [0.15, 0.2) is 0 Å². The molecule has 2 heteroatoms. The van der Waals surface area contributed by atoms with Crippen molar-refractivity contribution in [3.05, 3.63) is 29.8 Å². The Kier molecular flexibility index (Phi) is 3.96. The van der Waals surface area contributed by atoms with Gasteiger partial charge in [0.2, 0.25) is 0 Å². The van der Waals surface area contributed by atoms with E-state index in [4.69, 9.17) is 4.74 Å². The molecule has 0 fully saturated rings. The van der Waals surface area contributed by atoms with E-state index in [1.807, 2.05) is 45.0 Å². The fourth-order valence-electron chi connectivity index (χ4n) is 1.30. The van der Waals surface area contributed by atoms with Crippen LogP contribution in [0.1, 0.15) is 38.9 Å². The first-order valence-electron chi connectivity index (χ1n) is 5.08. The molecule has 1 rings (SSSR count). The molecule has 0 aliphatic heterocycles. The molecule has 1 atom stereocenters. The Morgan fingerprint density at radius 3 is 2.64 bits per heavy atom. The summed E-state index contributed by atoms with van der Waals surface area (Å²) in [5, 5.41) is 9.63. The van der Waals surface area contributed by atoms with Crippen LogP contribution >= 0.6 is 0 Å². The second-order valence-electron chi connectivity index (χ2n) is 3.66. The number of benzene rings is 1. The number of aliphatic hydroxyl groups is 1. The smallest absolute Gasteiger partial charge is 0.120 e. The van der Waals surface area contributed by atoms with Crippen LogP contribution < -0.4 is 4.74 Å². The van der Waals surface area contributed by atoms with Crippen LogP contribution in [0.4, 0.5) is 0 Å². The van der Waals surface area contributed by atoms with Gasteiger partial charge in [0.1, 0.15) is 5.75 Å². The van der Waals surface area contributed by atoms with Crippen molar-refractivity contribution in [1.82, 2.24) is 0 Å². The topological polar surface area (TPSA) is 29.5 Å². The first kappa shape index (κ1) is 11.1. The molecule has 0 aliphatic carbocycles. The zero-order valence-corrected chi connectivity index (χ0v) is 9.03. The van der Waals surface area contributed by atoms with Crippen LogP contribution in [0.3, 0.4) is 0 Å². The maximum absolute atomic E-state index is 9.63. The van der Waals surface area contributed by atoms with Gasteiger partial charge < -0.3 is 9.84 Å². The summed E-state index contributed by atoms with van der Waals surface area (Å²) in [5.74, 6) is 0.824. The standard InChI is InChI=1S/C12H18O2/c1-4-12(13)10-6-5-7-11(8-10)14-9(2)3/h5-9,12-13H,4H2,1-3H3/t12-/m1/s1. The van der Waals surface area contributed by atoms with Crippen LogP contribution in [0, 0.1) is 0 Å². The summed E-state index contributed by atoms with van der Waals surface area (Å²) in [7, 11) is 0. The van der Waals surface area contributed by atoms with Crippen molar-refractivity contribution in [1.29, 1.82) is 0 Å². The molecule has 0 bridgehead atoms. The summed E-state index contributed by atoms with van der Waals surface area (Å²) >= 11 is 0. The molecule has 14 heavy (non-hydrogen) atoms. The number of rotatable bonds is 4. The quantitative estimate of drug-likeness (QED) is 0.798. The van der Waals surface area contributed by atoms with Crippen LogP contribution in [0.15, 0.2) is 24.3 Å². The first-order chi connectivity index (χ1) is 6.63. The van der Waals surface area contributed by atoms with Gasteiger partial charge in [-0.15, -0.1) is 0 Å². The highest BCUT2D eigenvalue weighted by Gasteiger charge is 2.05. The average Bonchev–Trinajstić information content (AvgIpc) is 2.16. The third-order valence-electron chi connectivity index (χ3n) is 2.00. The molecule has 0 aliphatic rings. The van der Waals surface area contributed by atoms with Crippen molar-refractivity contribution in [2.45, 2.75) is 39.4 Å². The van der Waals surface area contributed by atoms with E-state index in [0.29, 0.717) is 0 Å². The molecule has 0 heterocycles. The minimum Gasteiger partial charge on any atom is -0.491 e. The SMILES string of the molecule is CC[C@@H](O)c1cccc(OC(C)C)c1. The second kappa shape index (κ2) is 5.01. The van der Waals surface area contributed by atoms with E-state index in [-0.39, 0.29) is 12.2 Å². The summed E-state index contributed by atoms with van der Waals surface area (Å²) in [4.78, 5) is 0. The Balaban J connectivity index is 2.78. The molecule has 0 saturated carbocycles. The summed E-state index contributed by atoms with van der Waals surface area (Å²) in [6, 6.07) is 7.63. The van der Waals surface area contributed by atoms with Crippen LogP contribution in [0.2, 0.25) is 0 Å². The first-order valence-corrected chi connectivity index (χ1v) is 5.08. The van der Waals surface area contributed by atoms with Crippen molar-refractivity contribution < 1.29 is 9.84 Å². The highest BCUT2D eigenvalue weighted by Crippen LogP contribution is 2.21. The highest BCUT2D eigenvalue weighted by atomic mass is 16.5. The lowest BCUT2D eigenvalue weighted by Gasteiger charge is -2.13. The lowest BCUT2D eigenvalue weighted by molar-refractivity contribution is 0.172. The molecule has 0 spiro atoms. The Bertz CT molecular complexity index is 281. The van der Waals surface area contributed by atoms with Crippen molar-refractivity contribution in [3.8, 4) is 5.75 Å². The van der Waals surface area contributed by atoms with Crippen molar-refractivity contribution in [2.75, 3.05) is 0 Å². The molecular weight excluding hydrogens is 176 g/mol. The lowest BCUT2D eigenvalue weighted by Crippen LogP contribution is -2.06. The minimum atomic E-state index is -0.384. The van der Waals surface area contributed by atoms with Crippen LogP contribution in [-0.4, -0.2) is 11.2 Å². The van der Waals surface area contributed by atoms with Crippen molar-refractivity contribution in [2.24, 2.45) is 0 Å². The van der Waals surface area contributed by atoms with Crippen LogP contribution in [-0.2, 0) is 0 Å². The molecule has 78 valence electrons. The minimum absolute atomic E-state index is 0.170. The largest absolute Gasteiger partial charge is 0.491 e. The molecule has 0 saturated heterocycles. The van der Waals surface area contributed by atoms with E-state index in [1.165, 1.54) is 0 Å². The Labute approximate surface area is 85.5 Å². The summed E-state index contributed by atoms with van der Waals surface area (Å²) < 4.78 is 5.54. The van der Waals surface area contributed by atoms with E-state index in [0.717, 1.165) is 17.7 Å². The molecular formula is C12H18O2.